The Morgan fingerprint density at radius 3 is 2.61 bits per heavy atom. The SMILES string of the molecule is Cc1nc(Sc2nc3cc(N)ccc3o2)oc1C. The van der Waals surface area contributed by atoms with E-state index in [1.54, 1.807) is 18.2 Å². The monoisotopic (exact) mass is 261 g/mol. The van der Waals surface area contributed by atoms with Crippen molar-refractivity contribution in [1.29, 1.82) is 0 Å². The van der Waals surface area contributed by atoms with Gasteiger partial charge in [-0.3, -0.25) is 0 Å². The number of hydrogen-bond donors (Lipinski definition) is 1. The molecule has 2 aromatic heterocycles. The van der Waals surface area contributed by atoms with Gasteiger partial charge in [0, 0.05) is 17.4 Å². The molecule has 0 spiro atoms. The molecule has 0 radical (unpaired) electrons. The highest BCUT2D eigenvalue weighted by molar-refractivity contribution is 7.98. The lowest BCUT2D eigenvalue weighted by Crippen LogP contribution is -1.82. The second kappa shape index (κ2) is 4.06. The second-order valence-corrected chi connectivity index (χ2v) is 4.83. The Labute approximate surface area is 107 Å². The van der Waals surface area contributed by atoms with Crippen molar-refractivity contribution < 1.29 is 8.83 Å². The van der Waals surface area contributed by atoms with Crippen LogP contribution in [0.1, 0.15) is 11.5 Å². The first-order valence-electron chi connectivity index (χ1n) is 5.40. The minimum Gasteiger partial charge on any atom is -0.436 e. The van der Waals surface area contributed by atoms with Crippen LogP contribution in [0.25, 0.3) is 11.1 Å². The van der Waals surface area contributed by atoms with Crippen LogP contribution in [-0.4, -0.2) is 9.97 Å². The third kappa shape index (κ3) is 1.95. The lowest BCUT2D eigenvalue weighted by Gasteiger charge is -1.88. The van der Waals surface area contributed by atoms with E-state index in [1.165, 1.54) is 11.8 Å². The molecule has 2 N–H and O–H groups in total. The van der Waals surface area contributed by atoms with Crippen LogP contribution in [0.15, 0.2) is 37.5 Å². The number of hydrogen-bond acceptors (Lipinski definition) is 6. The standard InChI is InChI=1S/C12H11N3O2S/c1-6-7(2)16-11(14-6)18-12-15-9-5-8(13)3-4-10(9)17-12/h3-5H,13H2,1-2H3. The van der Waals surface area contributed by atoms with Crippen molar-refractivity contribution in [3.05, 3.63) is 29.7 Å². The number of oxazole rings is 2. The number of benzene rings is 1. The summed E-state index contributed by atoms with van der Waals surface area (Å²) in [5.74, 6) is 0.804. The highest BCUT2D eigenvalue weighted by Crippen LogP contribution is 2.30. The minimum atomic E-state index is 0.497. The molecule has 0 atom stereocenters. The highest BCUT2D eigenvalue weighted by Gasteiger charge is 2.12. The predicted octanol–water partition coefficient (Wildman–Crippen LogP) is 3.17. The summed E-state index contributed by atoms with van der Waals surface area (Å²) in [6, 6.07) is 5.35. The third-order valence-electron chi connectivity index (χ3n) is 2.58. The molecule has 0 saturated carbocycles. The first kappa shape index (κ1) is 11.2. The Morgan fingerprint density at radius 1 is 1.11 bits per heavy atom. The van der Waals surface area contributed by atoms with E-state index in [9.17, 15) is 0 Å². The predicted molar refractivity (Wildman–Crippen MR) is 68.5 cm³/mol. The summed E-state index contributed by atoms with van der Waals surface area (Å²) in [7, 11) is 0. The molecule has 3 rings (SSSR count). The fourth-order valence-corrected chi connectivity index (χ4v) is 2.30. The molecule has 5 nitrogen and oxygen atoms in total. The molecule has 92 valence electrons. The van der Waals surface area contributed by atoms with Gasteiger partial charge in [0.15, 0.2) is 5.58 Å². The molecule has 6 heteroatoms. The molecule has 3 aromatic rings. The summed E-state index contributed by atoms with van der Waals surface area (Å²) in [5.41, 5.74) is 8.66. The number of nitrogens with zero attached hydrogens (tertiary/aromatic N) is 2. The smallest absolute Gasteiger partial charge is 0.266 e. The summed E-state index contributed by atoms with van der Waals surface area (Å²) in [5, 5.41) is 1.03. The number of fused-ring (bicyclic) bond motifs is 1. The van der Waals surface area contributed by atoms with Gasteiger partial charge in [0.2, 0.25) is 0 Å². The molecule has 0 saturated heterocycles. The number of nitrogens with two attached hydrogens (primary N) is 1. The van der Waals surface area contributed by atoms with E-state index in [4.69, 9.17) is 14.6 Å². The number of anilines is 1. The second-order valence-electron chi connectivity index (χ2n) is 3.93. The van der Waals surface area contributed by atoms with Gasteiger partial charge in [-0.2, -0.15) is 0 Å². The maximum absolute atomic E-state index is 5.69. The average molecular weight is 261 g/mol. The fraction of sp³-hybridized carbons (Fsp3) is 0.167. The molecule has 1 aromatic carbocycles. The van der Waals surface area contributed by atoms with E-state index in [-0.39, 0.29) is 0 Å². The number of rotatable bonds is 2. The van der Waals surface area contributed by atoms with Crippen LogP contribution in [0, 0.1) is 13.8 Å². The van der Waals surface area contributed by atoms with E-state index >= 15 is 0 Å². The Bertz CT molecular complexity index is 698. The summed E-state index contributed by atoms with van der Waals surface area (Å²) >= 11 is 1.26. The van der Waals surface area contributed by atoms with Gasteiger partial charge in [-0.25, -0.2) is 9.97 Å². The highest BCUT2D eigenvalue weighted by atomic mass is 32.2. The molecule has 0 aliphatic carbocycles. The summed E-state index contributed by atoms with van der Waals surface area (Å²) in [6.45, 7) is 3.77. The van der Waals surface area contributed by atoms with E-state index in [1.807, 2.05) is 13.8 Å². The van der Waals surface area contributed by atoms with Gasteiger partial charge in [0.25, 0.3) is 10.4 Å². The Balaban J connectivity index is 1.95. The van der Waals surface area contributed by atoms with Crippen LogP contribution in [0.3, 0.4) is 0 Å². The lowest BCUT2D eigenvalue weighted by atomic mass is 10.3. The molecule has 0 bridgehead atoms. The van der Waals surface area contributed by atoms with Crippen LogP contribution in [0.5, 0.6) is 0 Å². The number of aryl methyl sites for hydroxylation is 2. The maximum atomic E-state index is 5.69. The van der Waals surface area contributed by atoms with E-state index < -0.39 is 0 Å². The molecular weight excluding hydrogens is 250 g/mol. The fourth-order valence-electron chi connectivity index (χ4n) is 1.53. The van der Waals surface area contributed by atoms with Crippen LogP contribution >= 0.6 is 11.8 Å². The molecule has 0 fully saturated rings. The maximum Gasteiger partial charge on any atom is 0.266 e. The lowest BCUT2D eigenvalue weighted by molar-refractivity contribution is 0.424. The average Bonchev–Trinajstić information content (AvgIpc) is 2.82. The van der Waals surface area contributed by atoms with Crippen LogP contribution in [0.2, 0.25) is 0 Å². The molecular formula is C12H11N3O2S. The quantitative estimate of drug-likeness (QED) is 0.714. The van der Waals surface area contributed by atoms with Gasteiger partial charge < -0.3 is 14.6 Å². The van der Waals surface area contributed by atoms with E-state index in [0.717, 1.165) is 17.0 Å². The van der Waals surface area contributed by atoms with Crippen LogP contribution < -0.4 is 5.73 Å². The number of nitrogen functional groups attached to an aromatic ring is 1. The van der Waals surface area contributed by atoms with Crippen molar-refractivity contribution in [2.45, 2.75) is 24.3 Å². The first-order chi connectivity index (χ1) is 8.61. The zero-order valence-corrected chi connectivity index (χ0v) is 10.7. The molecule has 0 aliphatic heterocycles. The summed E-state index contributed by atoms with van der Waals surface area (Å²) < 4.78 is 11.0. The van der Waals surface area contributed by atoms with Crippen molar-refractivity contribution in [3.63, 3.8) is 0 Å². The first-order valence-corrected chi connectivity index (χ1v) is 6.21. The van der Waals surface area contributed by atoms with Gasteiger partial charge in [0.05, 0.1) is 5.69 Å². The van der Waals surface area contributed by atoms with Crippen molar-refractivity contribution >= 4 is 28.5 Å². The topological polar surface area (TPSA) is 78.1 Å². The Morgan fingerprint density at radius 2 is 1.89 bits per heavy atom. The zero-order chi connectivity index (χ0) is 12.7. The van der Waals surface area contributed by atoms with Crippen molar-refractivity contribution in [1.82, 2.24) is 9.97 Å². The Kier molecular flexibility index (Phi) is 2.52. The molecule has 2 heterocycles. The summed E-state index contributed by atoms with van der Waals surface area (Å²) in [4.78, 5) is 8.59. The minimum absolute atomic E-state index is 0.497. The molecule has 0 unspecified atom stereocenters. The summed E-state index contributed by atoms with van der Waals surface area (Å²) in [6.07, 6.45) is 0. The normalized spacial score (nSPS) is 11.2. The van der Waals surface area contributed by atoms with Gasteiger partial charge >= 0.3 is 0 Å². The molecule has 18 heavy (non-hydrogen) atoms. The van der Waals surface area contributed by atoms with Gasteiger partial charge in [-0.1, -0.05) is 0 Å². The van der Waals surface area contributed by atoms with Crippen LogP contribution in [-0.2, 0) is 0 Å². The van der Waals surface area contributed by atoms with E-state index in [0.29, 0.717) is 21.7 Å². The van der Waals surface area contributed by atoms with E-state index in [2.05, 4.69) is 9.97 Å². The third-order valence-corrected chi connectivity index (χ3v) is 3.27. The van der Waals surface area contributed by atoms with Gasteiger partial charge in [-0.05, 0) is 32.0 Å². The van der Waals surface area contributed by atoms with Crippen molar-refractivity contribution in [2.75, 3.05) is 5.73 Å². The van der Waals surface area contributed by atoms with Crippen LogP contribution in [0.4, 0.5) is 5.69 Å². The van der Waals surface area contributed by atoms with Gasteiger partial charge in [-0.15, -0.1) is 0 Å². The molecule has 0 aliphatic rings. The zero-order valence-electron chi connectivity index (χ0n) is 9.93. The molecule has 0 amide bonds. The Hall–Kier alpha value is -1.95. The number of aromatic nitrogens is 2. The largest absolute Gasteiger partial charge is 0.436 e. The van der Waals surface area contributed by atoms with Gasteiger partial charge in [0.1, 0.15) is 11.3 Å². The van der Waals surface area contributed by atoms with Crippen molar-refractivity contribution in [3.8, 4) is 0 Å². The van der Waals surface area contributed by atoms with Crippen molar-refractivity contribution in [2.24, 2.45) is 0 Å².